The summed E-state index contributed by atoms with van der Waals surface area (Å²) in [4.78, 5) is 20.5. The molecule has 0 radical (unpaired) electrons. The van der Waals surface area contributed by atoms with Crippen LogP contribution in [0.4, 0.5) is 4.39 Å². The molecule has 1 amide bonds. The number of aromatic nitrogens is 1. The van der Waals surface area contributed by atoms with E-state index in [1.165, 1.54) is 28.7 Å². The second-order valence-corrected chi connectivity index (χ2v) is 10.2. The molecule has 3 fully saturated rings. The number of carbonyl (C=O) groups is 1. The fourth-order valence-corrected chi connectivity index (χ4v) is 6.68. The average molecular weight is 416 g/mol. The highest BCUT2D eigenvalue weighted by molar-refractivity contribution is 7.22. The quantitative estimate of drug-likeness (QED) is 0.670. The monoisotopic (exact) mass is 415 g/mol. The maximum atomic E-state index is 14.5. The molecular weight excluding hydrogens is 393 g/mol. The highest BCUT2D eigenvalue weighted by Gasteiger charge is 2.48. The predicted molar refractivity (Wildman–Crippen MR) is 113 cm³/mol. The van der Waals surface area contributed by atoms with Gasteiger partial charge >= 0.3 is 0 Å². The lowest BCUT2D eigenvalue weighted by Gasteiger charge is -2.56. The van der Waals surface area contributed by atoms with Crippen LogP contribution in [-0.2, 0) is 0 Å². The Morgan fingerprint density at radius 2 is 2.11 bits per heavy atom. The van der Waals surface area contributed by atoms with E-state index in [-0.39, 0.29) is 23.3 Å². The number of nitrogens with zero attached hydrogens (tertiary/aromatic N) is 2. The van der Waals surface area contributed by atoms with Crippen LogP contribution < -0.4 is 5.32 Å². The smallest absolute Gasteiger partial charge is 0.261 e. The van der Waals surface area contributed by atoms with E-state index in [1.807, 2.05) is 11.4 Å². The van der Waals surface area contributed by atoms with Crippen LogP contribution in [0.25, 0.3) is 20.7 Å². The number of fused-ring (bicyclic) bond motifs is 4. The van der Waals surface area contributed by atoms with Gasteiger partial charge in [0.05, 0.1) is 10.4 Å². The number of thiophene rings is 1. The summed E-state index contributed by atoms with van der Waals surface area (Å²) in [6, 6.07) is 5.22. The zero-order valence-corrected chi connectivity index (χ0v) is 17.5. The first-order valence-corrected chi connectivity index (χ1v) is 11.3. The molecule has 3 saturated heterocycles. The van der Waals surface area contributed by atoms with Gasteiger partial charge in [-0.3, -0.25) is 9.69 Å². The number of piperidine rings is 3. The van der Waals surface area contributed by atoms with Crippen LogP contribution in [0, 0.1) is 11.7 Å². The largest absolute Gasteiger partial charge is 0.346 e. The summed E-state index contributed by atoms with van der Waals surface area (Å²) in [5.41, 5.74) is 0.464. The van der Waals surface area contributed by atoms with Gasteiger partial charge in [-0.25, -0.2) is 9.37 Å². The van der Waals surface area contributed by atoms with E-state index in [4.69, 9.17) is 0 Å². The van der Waals surface area contributed by atoms with Gasteiger partial charge in [-0.1, -0.05) is 6.07 Å². The van der Waals surface area contributed by atoms with Crippen molar-refractivity contribution in [2.45, 2.75) is 38.3 Å². The summed E-state index contributed by atoms with van der Waals surface area (Å²) in [5, 5.41) is 6.68. The molecule has 4 nitrogen and oxygen atoms in total. The Hall–Kier alpha value is -1.83. The molecule has 146 valence electrons. The Labute approximate surface area is 171 Å². The molecule has 1 aromatic carbocycles. The normalized spacial score (nSPS) is 25.9. The highest BCUT2D eigenvalue weighted by atomic mass is 32.1. The molecular formula is C21H22FN3OS2. The molecule has 2 aromatic heterocycles. The summed E-state index contributed by atoms with van der Waals surface area (Å²) in [5.74, 6) is 0.176. The van der Waals surface area contributed by atoms with Crippen molar-refractivity contribution in [3.8, 4) is 10.6 Å². The number of halogens is 1. The van der Waals surface area contributed by atoms with E-state index in [0.29, 0.717) is 21.4 Å². The van der Waals surface area contributed by atoms with Crippen LogP contribution in [0.15, 0.2) is 29.8 Å². The summed E-state index contributed by atoms with van der Waals surface area (Å²) in [7, 11) is 0. The Morgan fingerprint density at radius 3 is 2.79 bits per heavy atom. The number of thiazole rings is 1. The number of hydrogen-bond acceptors (Lipinski definition) is 5. The summed E-state index contributed by atoms with van der Waals surface area (Å²) in [6.45, 7) is 6.68. The van der Waals surface area contributed by atoms with Crippen LogP contribution in [0.5, 0.6) is 0 Å². The van der Waals surface area contributed by atoms with Gasteiger partial charge in [-0.15, -0.1) is 22.7 Å². The van der Waals surface area contributed by atoms with Gasteiger partial charge in [0.15, 0.2) is 0 Å². The van der Waals surface area contributed by atoms with Crippen molar-refractivity contribution in [3.63, 3.8) is 0 Å². The second kappa shape index (κ2) is 6.61. The first-order valence-electron chi connectivity index (χ1n) is 9.63. The zero-order valence-electron chi connectivity index (χ0n) is 15.9. The van der Waals surface area contributed by atoms with Gasteiger partial charge in [0.1, 0.15) is 10.8 Å². The van der Waals surface area contributed by atoms with E-state index in [1.54, 1.807) is 12.3 Å². The number of carbonyl (C=O) groups excluding carboxylic acids is 1. The third-order valence-electron chi connectivity index (χ3n) is 6.38. The minimum atomic E-state index is -0.296. The maximum Gasteiger partial charge on any atom is 0.261 e. The van der Waals surface area contributed by atoms with E-state index < -0.39 is 0 Å². The Kier molecular flexibility index (Phi) is 4.30. The van der Waals surface area contributed by atoms with Gasteiger partial charge in [-0.2, -0.15) is 0 Å². The summed E-state index contributed by atoms with van der Waals surface area (Å²) >= 11 is 2.76. The minimum absolute atomic E-state index is 0.0360. The average Bonchev–Trinajstić information content (AvgIpc) is 3.34. The molecule has 3 aromatic rings. The number of amides is 1. The lowest BCUT2D eigenvalue weighted by molar-refractivity contribution is -0.0377. The van der Waals surface area contributed by atoms with Crippen molar-refractivity contribution in [3.05, 3.63) is 40.5 Å². The Morgan fingerprint density at radius 1 is 1.32 bits per heavy atom. The van der Waals surface area contributed by atoms with Crippen LogP contribution >= 0.6 is 22.7 Å². The standard InChI is InChI=1S/C21H22FN3OS2/c1-21(2)18(12-5-8-25(21)9-6-12)24-19(26)15-11-13-3-4-14(22)16(17(13)28-15)20-23-7-10-27-20/h3-4,7,10-12,18H,5-6,8-9H2,1-2H3,(H,24,26)/t18-/m1/s1. The molecule has 0 aliphatic carbocycles. The number of benzene rings is 1. The van der Waals surface area contributed by atoms with E-state index in [0.717, 1.165) is 36.0 Å². The topological polar surface area (TPSA) is 45.2 Å². The molecule has 2 bridgehead atoms. The molecule has 0 unspecified atom stereocenters. The fraction of sp³-hybridized carbons (Fsp3) is 0.429. The van der Waals surface area contributed by atoms with Gasteiger partial charge in [0.2, 0.25) is 0 Å². The highest BCUT2D eigenvalue weighted by Crippen LogP contribution is 2.40. The first-order chi connectivity index (χ1) is 13.4. The molecule has 0 saturated carbocycles. The Balaban J connectivity index is 1.48. The molecule has 28 heavy (non-hydrogen) atoms. The number of rotatable bonds is 3. The molecule has 6 rings (SSSR count). The van der Waals surface area contributed by atoms with Crippen molar-refractivity contribution in [2.24, 2.45) is 5.92 Å². The maximum absolute atomic E-state index is 14.5. The lowest BCUT2D eigenvalue weighted by atomic mass is 9.72. The Bertz CT molecular complexity index is 1040. The van der Waals surface area contributed by atoms with Crippen molar-refractivity contribution >= 4 is 38.7 Å². The van der Waals surface area contributed by atoms with Gasteiger partial charge in [0.25, 0.3) is 5.91 Å². The van der Waals surface area contributed by atoms with Crippen LogP contribution in [0.1, 0.15) is 36.4 Å². The zero-order chi connectivity index (χ0) is 19.5. The fourth-order valence-electron chi connectivity index (χ4n) is 4.83. The van der Waals surface area contributed by atoms with Crippen LogP contribution in [-0.4, -0.2) is 40.5 Å². The molecule has 3 aliphatic heterocycles. The second-order valence-electron chi connectivity index (χ2n) is 8.22. The van der Waals surface area contributed by atoms with Gasteiger partial charge in [-0.05, 0) is 63.2 Å². The first kappa shape index (κ1) is 18.2. The third kappa shape index (κ3) is 2.79. The number of nitrogens with one attached hydrogen (secondary N) is 1. The molecule has 1 N–H and O–H groups in total. The van der Waals surface area contributed by atoms with Gasteiger partial charge < -0.3 is 5.32 Å². The number of hydrogen-bond donors (Lipinski definition) is 1. The van der Waals surface area contributed by atoms with Crippen molar-refractivity contribution in [2.75, 3.05) is 13.1 Å². The van der Waals surface area contributed by atoms with Crippen molar-refractivity contribution < 1.29 is 9.18 Å². The van der Waals surface area contributed by atoms with Crippen LogP contribution in [0.3, 0.4) is 0 Å². The van der Waals surface area contributed by atoms with Crippen LogP contribution in [0.2, 0.25) is 0 Å². The third-order valence-corrected chi connectivity index (χ3v) is 8.34. The molecule has 0 spiro atoms. The predicted octanol–water partition coefficient (Wildman–Crippen LogP) is 4.77. The van der Waals surface area contributed by atoms with Crippen molar-refractivity contribution in [1.29, 1.82) is 0 Å². The molecule has 7 heteroatoms. The SMILES string of the molecule is CC1(C)[C@H](NC(=O)c2cc3ccc(F)c(-c4nccs4)c3s2)C2CCN1CC2. The van der Waals surface area contributed by atoms with Gasteiger partial charge in [0, 0.05) is 27.9 Å². The summed E-state index contributed by atoms with van der Waals surface area (Å²) < 4.78 is 15.3. The molecule has 3 aliphatic rings. The minimum Gasteiger partial charge on any atom is -0.346 e. The lowest BCUT2D eigenvalue weighted by Crippen LogP contribution is -2.69. The molecule has 5 heterocycles. The summed E-state index contributed by atoms with van der Waals surface area (Å²) in [6.07, 6.45) is 3.95. The van der Waals surface area contributed by atoms with E-state index >= 15 is 0 Å². The van der Waals surface area contributed by atoms with Crippen molar-refractivity contribution in [1.82, 2.24) is 15.2 Å². The van der Waals surface area contributed by atoms with E-state index in [9.17, 15) is 9.18 Å². The molecule has 1 atom stereocenters. The van der Waals surface area contributed by atoms with E-state index in [2.05, 4.69) is 29.0 Å².